The summed E-state index contributed by atoms with van der Waals surface area (Å²) in [7, 11) is 0. The molecule has 62 valence electrons. The minimum Gasteiger partial charge on any atom is -0.384 e. The first-order valence-corrected chi connectivity index (χ1v) is 3.49. The highest BCUT2D eigenvalue weighted by Gasteiger charge is 2.26. The lowest BCUT2D eigenvalue weighted by Gasteiger charge is -2.14. The molecule has 12 heavy (non-hydrogen) atoms. The molecule has 1 aliphatic rings. The van der Waals surface area contributed by atoms with Gasteiger partial charge >= 0.3 is 0 Å². The minimum absolute atomic E-state index is 0.0665. The van der Waals surface area contributed by atoms with Gasteiger partial charge in [0.2, 0.25) is 0 Å². The van der Waals surface area contributed by atoms with E-state index < -0.39 is 0 Å². The van der Waals surface area contributed by atoms with Crippen molar-refractivity contribution in [2.45, 2.75) is 0 Å². The van der Waals surface area contributed by atoms with Crippen LogP contribution < -0.4 is 5.73 Å². The zero-order valence-electron chi connectivity index (χ0n) is 6.58. The Labute approximate surface area is 70.6 Å². The van der Waals surface area contributed by atoms with E-state index in [2.05, 4.69) is 6.58 Å². The van der Waals surface area contributed by atoms with Crippen molar-refractivity contribution in [3.05, 3.63) is 24.0 Å². The largest absolute Gasteiger partial charge is 0.384 e. The minimum atomic E-state index is -0.211. The normalized spacial score (nSPS) is 16.6. The van der Waals surface area contributed by atoms with E-state index in [4.69, 9.17) is 11.0 Å². The van der Waals surface area contributed by atoms with Crippen molar-refractivity contribution in [3.63, 3.8) is 0 Å². The van der Waals surface area contributed by atoms with Gasteiger partial charge in [-0.25, -0.2) is 0 Å². The van der Waals surface area contributed by atoms with Crippen LogP contribution in [0.2, 0.25) is 0 Å². The SMILES string of the molecule is C=CCN1CC(=O)C(C#N)=C1N. The molecule has 2 N–H and O–H groups in total. The molecular weight excluding hydrogens is 154 g/mol. The van der Waals surface area contributed by atoms with E-state index in [-0.39, 0.29) is 23.7 Å². The van der Waals surface area contributed by atoms with Crippen molar-refractivity contribution < 1.29 is 4.79 Å². The van der Waals surface area contributed by atoms with Gasteiger partial charge in [-0.2, -0.15) is 5.26 Å². The van der Waals surface area contributed by atoms with Gasteiger partial charge in [0, 0.05) is 6.54 Å². The lowest BCUT2D eigenvalue weighted by Crippen LogP contribution is -2.25. The second kappa shape index (κ2) is 3.09. The molecule has 0 radical (unpaired) electrons. The molecule has 1 rings (SSSR count). The van der Waals surface area contributed by atoms with Gasteiger partial charge in [0.05, 0.1) is 6.54 Å². The molecule has 0 saturated carbocycles. The van der Waals surface area contributed by atoms with Gasteiger partial charge < -0.3 is 10.6 Å². The van der Waals surface area contributed by atoms with Crippen LogP contribution >= 0.6 is 0 Å². The highest BCUT2D eigenvalue weighted by Crippen LogP contribution is 2.14. The standard InChI is InChI=1S/C8H9N3O/c1-2-3-11-5-7(12)6(4-9)8(11)10/h2H,1,3,5,10H2. The van der Waals surface area contributed by atoms with E-state index in [0.29, 0.717) is 6.54 Å². The Morgan fingerprint density at radius 1 is 1.83 bits per heavy atom. The average Bonchev–Trinajstić information content (AvgIpc) is 2.29. The summed E-state index contributed by atoms with van der Waals surface area (Å²) in [4.78, 5) is 12.7. The first-order valence-electron chi connectivity index (χ1n) is 3.49. The monoisotopic (exact) mass is 163 g/mol. The number of carbonyl (C=O) groups excluding carboxylic acids is 1. The maximum atomic E-state index is 11.1. The Hall–Kier alpha value is -1.76. The smallest absolute Gasteiger partial charge is 0.196 e. The first kappa shape index (κ1) is 8.34. The summed E-state index contributed by atoms with van der Waals surface area (Å²) in [5.41, 5.74) is 5.59. The molecule has 4 nitrogen and oxygen atoms in total. The van der Waals surface area contributed by atoms with Gasteiger partial charge in [0.15, 0.2) is 5.78 Å². The van der Waals surface area contributed by atoms with E-state index in [0.717, 1.165) is 0 Å². The van der Waals surface area contributed by atoms with Crippen LogP contribution in [0.1, 0.15) is 0 Å². The fourth-order valence-corrected chi connectivity index (χ4v) is 1.08. The van der Waals surface area contributed by atoms with E-state index in [1.165, 1.54) is 0 Å². The second-order valence-electron chi connectivity index (χ2n) is 2.46. The van der Waals surface area contributed by atoms with Crippen LogP contribution in [0.3, 0.4) is 0 Å². The molecule has 0 atom stereocenters. The van der Waals surface area contributed by atoms with Crippen molar-refractivity contribution in [2.75, 3.05) is 13.1 Å². The highest BCUT2D eigenvalue weighted by molar-refractivity contribution is 6.03. The number of Topliss-reactive ketones (excluding diaryl/α,β-unsaturated/α-hetero) is 1. The third-order valence-corrected chi connectivity index (χ3v) is 1.67. The number of rotatable bonds is 2. The molecule has 0 aliphatic carbocycles. The molecule has 0 aromatic carbocycles. The topological polar surface area (TPSA) is 70.1 Å². The predicted octanol–water partition coefficient (Wildman–Crippen LogP) is -0.249. The lowest BCUT2D eigenvalue weighted by molar-refractivity contribution is -0.114. The van der Waals surface area contributed by atoms with Gasteiger partial charge in [0.25, 0.3) is 0 Å². The second-order valence-corrected chi connectivity index (χ2v) is 2.46. The fourth-order valence-electron chi connectivity index (χ4n) is 1.08. The quantitative estimate of drug-likeness (QED) is 0.570. The molecule has 0 aromatic heterocycles. The molecule has 0 amide bonds. The summed E-state index contributed by atoms with van der Waals surface area (Å²) in [6.45, 7) is 4.22. The fraction of sp³-hybridized carbons (Fsp3) is 0.250. The summed E-state index contributed by atoms with van der Waals surface area (Å²) in [5.74, 6) is 0.0549. The number of ketones is 1. The first-order chi connectivity index (χ1) is 5.70. The molecule has 0 fully saturated rings. The predicted molar refractivity (Wildman–Crippen MR) is 43.6 cm³/mol. The maximum Gasteiger partial charge on any atom is 0.196 e. The van der Waals surface area contributed by atoms with E-state index in [9.17, 15) is 4.79 Å². The van der Waals surface area contributed by atoms with Gasteiger partial charge in [-0.3, -0.25) is 4.79 Å². The van der Waals surface area contributed by atoms with Crippen LogP contribution in [0, 0.1) is 11.3 Å². The van der Waals surface area contributed by atoms with E-state index in [1.54, 1.807) is 17.0 Å². The maximum absolute atomic E-state index is 11.1. The summed E-state index contributed by atoms with van der Waals surface area (Å²) >= 11 is 0. The van der Waals surface area contributed by atoms with Crippen molar-refractivity contribution in [3.8, 4) is 6.07 Å². The Balaban J connectivity index is 2.90. The summed E-state index contributed by atoms with van der Waals surface area (Å²) < 4.78 is 0. The van der Waals surface area contributed by atoms with E-state index >= 15 is 0 Å². The molecule has 0 spiro atoms. The van der Waals surface area contributed by atoms with Crippen LogP contribution in [-0.2, 0) is 4.79 Å². The van der Waals surface area contributed by atoms with Crippen molar-refractivity contribution >= 4 is 5.78 Å². The average molecular weight is 163 g/mol. The third-order valence-electron chi connectivity index (χ3n) is 1.67. The number of carbonyl (C=O) groups is 1. The zero-order chi connectivity index (χ0) is 9.14. The van der Waals surface area contributed by atoms with Crippen LogP contribution in [0.5, 0.6) is 0 Å². The summed E-state index contributed by atoms with van der Waals surface area (Å²) in [6, 6.07) is 1.78. The summed E-state index contributed by atoms with van der Waals surface area (Å²) in [6.07, 6.45) is 1.64. The van der Waals surface area contributed by atoms with Crippen LogP contribution in [0.15, 0.2) is 24.0 Å². The lowest BCUT2D eigenvalue weighted by atomic mass is 10.2. The Morgan fingerprint density at radius 3 is 2.92 bits per heavy atom. The van der Waals surface area contributed by atoms with Crippen molar-refractivity contribution in [1.82, 2.24) is 4.90 Å². The van der Waals surface area contributed by atoms with Gasteiger partial charge in [-0.05, 0) is 0 Å². The van der Waals surface area contributed by atoms with Gasteiger partial charge in [-0.1, -0.05) is 6.08 Å². The van der Waals surface area contributed by atoms with E-state index in [1.807, 2.05) is 0 Å². The van der Waals surface area contributed by atoms with Crippen molar-refractivity contribution in [2.24, 2.45) is 5.73 Å². The zero-order valence-corrected chi connectivity index (χ0v) is 6.58. The molecule has 4 heteroatoms. The summed E-state index contributed by atoms with van der Waals surface area (Å²) in [5, 5.41) is 8.53. The van der Waals surface area contributed by atoms with Crippen LogP contribution in [0.25, 0.3) is 0 Å². The number of hydrogen-bond acceptors (Lipinski definition) is 4. The molecule has 0 bridgehead atoms. The van der Waals surface area contributed by atoms with Gasteiger partial charge in [-0.15, -0.1) is 6.58 Å². The molecule has 0 saturated heterocycles. The molecule has 1 aliphatic heterocycles. The molecule has 0 aromatic rings. The third kappa shape index (κ3) is 1.17. The molecular formula is C8H9N3O. The number of nitrogens with zero attached hydrogens (tertiary/aromatic N) is 2. The number of nitrogens with two attached hydrogens (primary N) is 1. The van der Waals surface area contributed by atoms with Gasteiger partial charge in [0.1, 0.15) is 17.5 Å². The highest BCUT2D eigenvalue weighted by atomic mass is 16.1. The Morgan fingerprint density at radius 2 is 2.50 bits per heavy atom. The number of nitriles is 1. The van der Waals surface area contributed by atoms with Crippen LogP contribution in [-0.4, -0.2) is 23.8 Å². The number of hydrogen-bond donors (Lipinski definition) is 1. The Bertz CT molecular complexity index is 298. The molecule has 0 unspecified atom stereocenters. The Kier molecular flexibility index (Phi) is 2.15. The van der Waals surface area contributed by atoms with Crippen LogP contribution in [0.4, 0.5) is 0 Å². The van der Waals surface area contributed by atoms with Crippen molar-refractivity contribution in [1.29, 1.82) is 5.26 Å². The molecule has 1 heterocycles.